The Kier molecular flexibility index (Phi) is 2.17. The van der Waals surface area contributed by atoms with Crippen molar-refractivity contribution in [1.29, 1.82) is 0 Å². The summed E-state index contributed by atoms with van der Waals surface area (Å²) in [4.78, 5) is 3.36. The Morgan fingerprint density at radius 2 is 1.44 bits per heavy atom. The van der Waals surface area contributed by atoms with Crippen LogP contribution in [0.4, 0.5) is 0 Å². The van der Waals surface area contributed by atoms with E-state index < -0.39 is 0 Å². The summed E-state index contributed by atoms with van der Waals surface area (Å²) < 4.78 is 0. The predicted molar refractivity (Wildman–Crippen MR) is 67.6 cm³/mol. The predicted octanol–water partition coefficient (Wildman–Crippen LogP) is 3.74. The van der Waals surface area contributed by atoms with Gasteiger partial charge in [0.1, 0.15) is 0 Å². The van der Waals surface area contributed by atoms with Crippen LogP contribution < -0.4 is 0 Å². The van der Waals surface area contributed by atoms with Gasteiger partial charge in [-0.3, -0.25) is 0 Å². The van der Waals surface area contributed by atoms with Crippen LogP contribution in [-0.2, 0) is 0 Å². The van der Waals surface area contributed by atoms with Gasteiger partial charge >= 0.3 is 0 Å². The molecular weight excluding hydrogens is 194 g/mol. The molecule has 0 radical (unpaired) electrons. The van der Waals surface area contributed by atoms with E-state index in [0.717, 1.165) is 0 Å². The zero-order valence-corrected chi connectivity index (χ0v) is 9.35. The molecule has 0 aromatic carbocycles. The molecule has 1 heterocycles. The Balaban J connectivity index is 2.05. The molecule has 0 unspecified atom stereocenters. The summed E-state index contributed by atoms with van der Waals surface area (Å²) in [5, 5.41) is 0. The van der Waals surface area contributed by atoms with Crippen LogP contribution in [0.1, 0.15) is 28.7 Å². The minimum atomic E-state index is 0.447. The number of rotatable bonds is 2. The second-order valence-corrected chi connectivity index (χ2v) is 4.37. The summed E-state index contributed by atoms with van der Waals surface area (Å²) >= 11 is 0. The number of H-pyrrole nitrogens is 1. The summed E-state index contributed by atoms with van der Waals surface area (Å²) in [6, 6.07) is 0. The fourth-order valence-corrected chi connectivity index (χ4v) is 2.54. The maximum Gasteiger partial charge on any atom is 0.0225 e. The van der Waals surface area contributed by atoms with Gasteiger partial charge in [-0.2, -0.15) is 0 Å². The molecule has 80 valence electrons. The van der Waals surface area contributed by atoms with E-state index >= 15 is 0 Å². The van der Waals surface area contributed by atoms with Crippen LogP contribution >= 0.6 is 0 Å². The van der Waals surface area contributed by atoms with Gasteiger partial charge in [0.2, 0.25) is 0 Å². The molecule has 2 aliphatic carbocycles. The molecule has 0 aliphatic heterocycles. The lowest BCUT2D eigenvalue weighted by Crippen LogP contribution is -1.98. The van der Waals surface area contributed by atoms with E-state index in [1.165, 1.54) is 16.8 Å². The van der Waals surface area contributed by atoms with Gasteiger partial charge in [0.15, 0.2) is 0 Å². The number of nitrogens with one attached hydrogen (secondary N) is 1. The quantitative estimate of drug-likeness (QED) is 0.763. The first-order chi connectivity index (χ1) is 7.86. The monoisotopic (exact) mass is 209 g/mol. The summed E-state index contributed by atoms with van der Waals surface area (Å²) in [5.74, 6) is 0.894. The van der Waals surface area contributed by atoms with Crippen molar-refractivity contribution < 1.29 is 0 Å². The van der Waals surface area contributed by atoms with Crippen molar-refractivity contribution >= 4 is 0 Å². The van der Waals surface area contributed by atoms with Crippen molar-refractivity contribution in [3.63, 3.8) is 0 Å². The minimum Gasteiger partial charge on any atom is -0.365 e. The number of allylic oxidation sites excluding steroid dienone is 8. The number of aromatic amines is 1. The maximum absolute atomic E-state index is 3.36. The number of aromatic nitrogens is 1. The lowest BCUT2D eigenvalue weighted by atomic mass is 9.90. The summed E-state index contributed by atoms with van der Waals surface area (Å²) in [6.45, 7) is 2.15. The molecule has 0 fully saturated rings. The van der Waals surface area contributed by atoms with Crippen LogP contribution in [0, 0.1) is 6.92 Å². The van der Waals surface area contributed by atoms with Gasteiger partial charge in [-0.15, -0.1) is 0 Å². The topological polar surface area (TPSA) is 15.8 Å². The molecule has 0 saturated carbocycles. The third-order valence-corrected chi connectivity index (χ3v) is 3.35. The standard InChI is InChI=1S/C15H15N/c1-11-15(13-8-4-5-9-13)14(10-16-11)12-6-2-3-7-12/h2-10,12-13,16H,1H3. The van der Waals surface area contributed by atoms with E-state index in [4.69, 9.17) is 0 Å². The van der Waals surface area contributed by atoms with Crippen molar-refractivity contribution in [3.05, 3.63) is 71.6 Å². The van der Waals surface area contributed by atoms with E-state index in [-0.39, 0.29) is 0 Å². The Labute approximate surface area is 95.9 Å². The molecule has 0 saturated heterocycles. The van der Waals surface area contributed by atoms with E-state index in [1.807, 2.05) is 0 Å². The van der Waals surface area contributed by atoms with Crippen molar-refractivity contribution in [2.75, 3.05) is 0 Å². The Morgan fingerprint density at radius 1 is 0.875 bits per heavy atom. The molecule has 1 heteroatoms. The van der Waals surface area contributed by atoms with Crippen LogP contribution in [-0.4, -0.2) is 4.98 Å². The highest BCUT2D eigenvalue weighted by molar-refractivity contribution is 5.48. The molecule has 3 rings (SSSR count). The van der Waals surface area contributed by atoms with Gasteiger partial charge in [-0.25, -0.2) is 0 Å². The fourth-order valence-electron chi connectivity index (χ4n) is 2.54. The minimum absolute atomic E-state index is 0.447. The lowest BCUT2D eigenvalue weighted by molar-refractivity contribution is 1.00. The Hall–Kier alpha value is -1.76. The summed E-state index contributed by atoms with van der Waals surface area (Å²) in [5.41, 5.74) is 4.12. The second-order valence-electron chi connectivity index (χ2n) is 4.37. The molecule has 0 amide bonds. The maximum atomic E-state index is 3.36. The van der Waals surface area contributed by atoms with Crippen molar-refractivity contribution in [2.45, 2.75) is 18.8 Å². The normalized spacial score (nSPS) is 19.3. The summed E-state index contributed by atoms with van der Waals surface area (Å²) in [6.07, 6.45) is 19.6. The van der Waals surface area contributed by atoms with E-state index in [2.05, 4.69) is 66.7 Å². The first-order valence-corrected chi connectivity index (χ1v) is 5.74. The molecule has 1 aromatic heterocycles. The Morgan fingerprint density at radius 3 is 2.06 bits per heavy atom. The lowest BCUT2D eigenvalue weighted by Gasteiger charge is -2.12. The fraction of sp³-hybridized carbons (Fsp3) is 0.200. The molecular formula is C15H15N. The third-order valence-electron chi connectivity index (χ3n) is 3.35. The number of aryl methyl sites for hydroxylation is 1. The van der Waals surface area contributed by atoms with Crippen LogP contribution in [0.25, 0.3) is 0 Å². The highest BCUT2D eigenvalue weighted by Gasteiger charge is 2.20. The van der Waals surface area contributed by atoms with Crippen LogP contribution in [0.2, 0.25) is 0 Å². The molecule has 0 spiro atoms. The molecule has 1 N–H and O–H groups in total. The molecule has 16 heavy (non-hydrogen) atoms. The van der Waals surface area contributed by atoms with E-state index in [9.17, 15) is 0 Å². The second kappa shape index (κ2) is 3.67. The van der Waals surface area contributed by atoms with Crippen molar-refractivity contribution in [3.8, 4) is 0 Å². The number of hydrogen-bond acceptors (Lipinski definition) is 0. The van der Waals surface area contributed by atoms with Crippen LogP contribution in [0.3, 0.4) is 0 Å². The zero-order valence-electron chi connectivity index (χ0n) is 9.35. The number of hydrogen-bond donors (Lipinski definition) is 1. The average Bonchev–Trinajstić information content (AvgIpc) is 2.96. The van der Waals surface area contributed by atoms with Gasteiger partial charge in [0.25, 0.3) is 0 Å². The van der Waals surface area contributed by atoms with Gasteiger partial charge in [0.05, 0.1) is 0 Å². The SMILES string of the molecule is Cc1[nH]cc(C2C=CC=C2)c1C1C=CC=C1. The van der Waals surface area contributed by atoms with Crippen LogP contribution in [0.5, 0.6) is 0 Å². The van der Waals surface area contributed by atoms with Crippen LogP contribution in [0.15, 0.2) is 54.8 Å². The van der Waals surface area contributed by atoms with E-state index in [1.54, 1.807) is 0 Å². The van der Waals surface area contributed by atoms with E-state index in [0.29, 0.717) is 11.8 Å². The highest BCUT2D eigenvalue weighted by Crippen LogP contribution is 2.35. The largest absolute Gasteiger partial charge is 0.365 e. The molecule has 1 nitrogen and oxygen atoms in total. The van der Waals surface area contributed by atoms with Gasteiger partial charge in [0, 0.05) is 23.7 Å². The highest BCUT2D eigenvalue weighted by atomic mass is 14.7. The summed E-state index contributed by atoms with van der Waals surface area (Å²) in [7, 11) is 0. The smallest absolute Gasteiger partial charge is 0.0225 e. The van der Waals surface area contributed by atoms with Gasteiger partial charge in [-0.05, 0) is 18.1 Å². The molecule has 1 aromatic rings. The molecule has 2 aliphatic rings. The Bertz CT molecular complexity index is 488. The molecule has 0 bridgehead atoms. The zero-order chi connectivity index (χ0) is 11.0. The van der Waals surface area contributed by atoms with Gasteiger partial charge < -0.3 is 4.98 Å². The first kappa shape index (κ1) is 9.46. The third kappa shape index (κ3) is 1.40. The average molecular weight is 209 g/mol. The first-order valence-electron chi connectivity index (χ1n) is 5.74. The van der Waals surface area contributed by atoms with Crippen molar-refractivity contribution in [1.82, 2.24) is 4.98 Å². The van der Waals surface area contributed by atoms with Crippen molar-refractivity contribution in [2.24, 2.45) is 0 Å². The molecule has 0 atom stereocenters. The van der Waals surface area contributed by atoms with Gasteiger partial charge in [-0.1, -0.05) is 48.6 Å².